The molecule has 5 nitrogen and oxygen atoms in total. The van der Waals surface area contributed by atoms with E-state index in [9.17, 15) is 4.79 Å². The Hall–Kier alpha value is -3.08. The lowest BCUT2D eigenvalue weighted by Crippen LogP contribution is -2.14. The molecule has 5 heteroatoms. The van der Waals surface area contributed by atoms with Crippen molar-refractivity contribution in [3.05, 3.63) is 66.5 Å². The van der Waals surface area contributed by atoms with Crippen LogP contribution in [0.3, 0.4) is 0 Å². The average Bonchev–Trinajstić information content (AvgIpc) is 3.10. The van der Waals surface area contributed by atoms with Gasteiger partial charge in [-0.15, -0.1) is 0 Å². The van der Waals surface area contributed by atoms with Crippen LogP contribution in [0.2, 0.25) is 0 Å². The molecular weight excluding hydrogens is 290 g/mol. The van der Waals surface area contributed by atoms with E-state index in [2.05, 4.69) is 15.3 Å². The zero-order chi connectivity index (χ0) is 16.1. The lowest BCUT2D eigenvalue weighted by atomic mass is 10.1. The quantitative estimate of drug-likeness (QED) is 0.760. The molecule has 0 aliphatic rings. The van der Waals surface area contributed by atoms with Crippen molar-refractivity contribution in [2.75, 3.05) is 12.4 Å². The molecule has 0 saturated carbocycles. The first-order valence-corrected chi connectivity index (χ1v) is 7.28. The number of aromatic nitrogens is 2. The number of methoxy groups -OCH3 is 1. The van der Waals surface area contributed by atoms with E-state index in [1.54, 1.807) is 19.5 Å². The van der Waals surface area contributed by atoms with Crippen LogP contribution < -0.4 is 10.1 Å². The summed E-state index contributed by atoms with van der Waals surface area (Å²) in [4.78, 5) is 19.5. The predicted octanol–water partition coefficient (Wildman–Crippen LogP) is 3.27. The van der Waals surface area contributed by atoms with Crippen molar-refractivity contribution in [3.8, 4) is 17.1 Å². The van der Waals surface area contributed by atoms with Gasteiger partial charge in [0.05, 0.1) is 13.5 Å². The molecule has 23 heavy (non-hydrogen) atoms. The third kappa shape index (κ3) is 3.58. The Kier molecular flexibility index (Phi) is 4.38. The number of anilines is 1. The van der Waals surface area contributed by atoms with Gasteiger partial charge in [-0.3, -0.25) is 4.79 Å². The fourth-order valence-corrected chi connectivity index (χ4v) is 2.39. The molecule has 0 fully saturated rings. The van der Waals surface area contributed by atoms with E-state index in [1.807, 2.05) is 48.5 Å². The summed E-state index contributed by atoms with van der Waals surface area (Å²) in [7, 11) is 1.60. The first-order chi connectivity index (χ1) is 11.3. The number of hydrogen-bond acceptors (Lipinski definition) is 3. The van der Waals surface area contributed by atoms with E-state index in [0.717, 1.165) is 22.6 Å². The number of hydrogen-bond donors (Lipinski definition) is 2. The third-order valence-electron chi connectivity index (χ3n) is 3.46. The number of ether oxygens (including phenoxy) is 1. The number of amides is 1. The maximum atomic E-state index is 12.3. The Morgan fingerprint density at radius 2 is 2.09 bits per heavy atom. The summed E-state index contributed by atoms with van der Waals surface area (Å²) in [5.74, 6) is 1.39. The lowest BCUT2D eigenvalue weighted by molar-refractivity contribution is -0.115. The molecule has 1 amide bonds. The van der Waals surface area contributed by atoms with Gasteiger partial charge < -0.3 is 15.0 Å². The van der Waals surface area contributed by atoms with Crippen molar-refractivity contribution in [2.45, 2.75) is 6.42 Å². The molecule has 1 heterocycles. The minimum Gasteiger partial charge on any atom is -0.496 e. The highest BCUT2D eigenvalue weighted by Gasteiger charge is 2.09. The predicted molar refractivity (Wildman–Crippen MR) is 89.4 cm³/mol. The van der Waals surface area contributed by atoms with Gasteiger partial charge >= 0.3 is 0 Å². The smallest absolute Gasteiger partial charge is 0.228 e. The molecule has 0 aliphatic heterocycles. The minimum absolute atomic E-state index is 0.0916. The molecule has 0 atom stereocenters. The second-order valence-corrected chi connectivity index (χ2v) is 5.06. The number of carbonyl (C=O) groups is 1. The highest BCUT2D eigenvalue weighted by atomic mass is 16.5. The van der Waals surface area contributed by atoms with Gasteiger partial charge in [0.1, 0.15) is 11.6 Å². The molecular formula is C18H17N3O2. The molecule has 2 N–H and O–H groups in total. The van der Waals surface area contributed by atoms with Crippen LogP contribution >= 0.6 is 0 Å². The number of para-hydroxylation sites is 1. The van der Waals surface area contributed by atoms with Crippen molar-refractivity contribution in [1.82, 2.24) is 9.97 Å². The van der Waals surface area contributed by atoms with E-state index >= 15 is 0 Å². The number of imidazole rings is 1. The van der Waals surface area contributed by atoms with E-state index in [0.29, 0.717) is 5.75 Å². The second-order valence-electron chi connectivity index (χ2n) is 5.06. The summed E-state index contributed by atoms with van der Waals surface area (Å²) < 4.78 is 5.27. The van der Waals surface area contributed by atoms with Gasteiger partial charge in [-0.2, -0.15) is 0 Å². The van der Waals surface area contributed by atoms with Crippen molar-refractivity contribution >= 4 is 11.6 Å². The zero-order valence-electron chi connectivity index (χ0n) is 12.7. The molecule has 3 rings (SSSR count). The molecule has 1 aromatic heterocycles. The van der Waals surface area contributed by atoms with Gasteiger partial charge in [-0.1, -0.05) is 30.3 Å². The standard InChI is InChI=1S/C18H17N3O2/c1-23-16-8-3-2-5-13(16)12-17(22)21-15-7-4-6-14(11-15)18-19-9-10-20-18/h2-11H,12H2,1H3,(H,19,20)(H,21,22). The zero-order valence-corrected chi connectivity index (χ0v) is 12.7. The molecule has 116 valence electrons. The fraction of sp³-hybridized carbons (Fsp3) is 0.111. The van der Waals surface area contributed by atoms with Crippen molar-refractivity contribution in [1.29, 1.82) is 0 Å². The maximum absolute atomic E-state index is 12.3. The molecule has 0 saturated heterocycles. The largest absolute Gasteiger partial charge is 0.496 e. The van der Waals surface area contributed by atoms with Gasteiger partial charge in [-0.05, 0) is 18.2 Å². The molecule has 0 aliphatic carbocycles. The van der Waals surface area contributed by atoms with Crippen molar-refractivity contribution < 1.29 is 9.53 Å². The molecule has 0 spiro atoms. The van der Waals surface area contributed by atoms with Gasteiger partial charge in [0.25, 0.3) is 0 Å². The SMILES string of the molecule is COc1ccccc1CC(=O)Nc1cccc(-c2ncc[nH]2)c1. The van der Waals surface area contributed by atoms with Crippen LogP contribution in [0.1, 0.15) is 5.56 Å². The molecule has 0 unspecified atom stereocenters. The van der Waals surface area contributed by atoms with Gasteiger partial charge in [0.2, 0.25) is 5.91 Å². The van der Waals surface area contributed by atoms with Gasteiger partial charge in [0.15, 0.2) is 0 Å². The minimum atomic E-state index is -0.0916. The molecule has 0 bridgehead atoms. The first kappa shape index (κ1) is 14.8. The van der Waals surface area contributed by atoms with E-state index in [4.69, 9.17) is 4.74 Å². The van der Waals surface area contributed by atoms with Crippen LogP contribution in [0, 0.1) is 0 Å². The summed E-state index contributed by atoms with van der Waals surface area (Å²) in [5, 5.41) is 2.91. The number of nitrogens with zero attached hydrogens (tertiary/aromatic N) is 1. The monoisotopic (exact) mass is 307 g/mol. The highest BCUT2D eigenvalue weighted by Crippen LogP contribution is 2.21. The fourth-order valence-electron chi connectivity index (χ4n) is 2.39. The average molecular weight is 307 g/mol. The molecule has 0 radical (unpaired) electrons. The third-order valence-corrected chi connectivity index (χ3v) is 3.46. The molecule has 3 aromatic rings. The Morgan fingerprint density at radius 3 is 2.87 bits per heavy atom. The summed E-state index contributed by atoms with van der Waals surface area (Å²) >= 11 is 0. The summed E-state index contributed by atoms with van der Waals surface area (Å²) in [6.07, 6.45) is 3.72. The Bertz CT molecular complexity index is 798. The van der Waals surface area contributed by atoms with Gasteiger partial charge in [0, 0.05) is 29.2 Å². The highest BCUT2D eigenvalue weighted by molar-refractivity contribution is 5.93. The Morgan fingerprint density at radius 1 is 1.22 bits per heavy atom. The summed E-state index contributed by atoms with van der Waals surface area (Å²) in [6, 6.07) is 15.1. The normalized spacial score (nSPS) is 10.3. The molecule has 2 aromatic carbocycles. The maximum Gasteiger partial charge on any atom is 0.228 e. The second kappa shape index (κ2) is 6.79. The lowest BCUT2D eigenvalue weighted by Gasteiger charge is -2.09. The van der Waals surface area contributed by atoms with Crippen LogP contribution in [0.25, 0.3) is 11.4 Å². The summed E-state index contributed by atoms with van der Waals surface area (Å²) in [6.45, 7) is 0. The van der Waals surface area contributed by atoms with Crippen LogP contribution in [-0.4, -0.2) is 23.0 Å². The number of benzene rings is 2. The van der Waals surface area contributed by atoms with Crippen LogP contribution in [0.15, 0.2) is 60.9 Å². The van der Waals surface area contributed by atoms with Crippen molar-refractivity contribution in [3.63, 3.8) is 0 Å². The summed E-state index contributed by atoms with van der Waals surface area (Å²) in [5.41, 5.74) is 2.51. The number of rotatable bonds is 5. The number of nitrogens with one attached hydrogen (secondary N) is 2. The number of aromatic amines is 1. The Labute approximate surface area is 134 Å². The van der Waals surface area contributed by atoms with Crippen LogP contribution in [-0.2, 0) is 11.2 Å². The van der Waals surface area contributed by atoms with E-state index in [-0.39, 0.29) is 12.3 Å². The number of carbonyl (C=O) groups excluding carboxylic acids is 1. The van der Waals surface area contributed by atoms with E-state index < -0.39 is 0 Å². The number of H-pyrrole nitrogens is 1. The van der Waals surface area contributed by atoms with Crippen molar-refractivity contribution in [2.24, 2.45) is 0 Å². The topological polar surface area (TPSA) is 67.0 Å². The van der Waals surface area contributed by atoms with Crippen LogP contribution in [0.4, 0.5) is 5.69 Å². The first-order valence-electron chi connectivity index (χ1n) is 7.28. The van der Waals surface area contributed by atoms with Crippen LogP contribution in [0.5, 0.6) is 5.75 Å². The Balaban J connectivity index is 1.72. The van der Waals surface area contributed by atoms with E-state index in [1.165, 1.54) is 0 Å². The van der Waals surface area contributed by atoms with Gasteiger partial charge in [-0.25, -0.2) is 4.98 Å².